The number of aliphatic hydroxyl groups excluding tert-OH is 1. The van der Waals surface area contributed by atoms with Crippen LogP contribution in [0.2, 0.25) is 0 Å². The quantitative estimate of drug-likeness (QED) is 0.183. The largest absolute Gasteiger partial charge is 0.465 e. The molecule has 0 aromatic heterocycles. The molecular formula is C28H35BrN2O5S. The Kier molecular flexibility index (Phi) is 8.55. The van der Waals surface area contributed by atoms with Crippen molar-refractivity contribution in [3.8, 4) is 0 Å². The maximum Gasteiger partial charge on any atom is 0.310 e. The van der Waals surface area contributed by atoms with Crippen LogP contribution in [-0.4, -0.2) is 75.0 Å². The fraction of sp³-hybridized carbons (Fsp3) is 0.536. The van der Waals surface area contributed by atoms with Gasteiger partial charge in [0.1, 0.15) is 6.04 Å². The summed E-state index contributed by atoms with van der Waals surface area (Å²) in [6.07, 6.45) is 4.86. The van der Waals surface area contributed by atoms with Gasteiger partial charge in [0.15, 0.2) is 0 Å². The molecule has 9 heteroatoms. The van der Waals surface area contributed by atoms with E-state index in [1.807, 2.05) is 32.0 Å². The van der Waals surface area contributed by atoms with Crippen molar-refractivity contribution in [3.05, 3.63) is 54.6 Å². The molecule has 200 valence electrons. The molecule has 3 aliphatic heterocycles. The Morgan fingerprint density at radius 1 is 1.32 bits per heavy atom. The van der Waals surface area contributed by atoms with Gasteiger partial charge in [-0.3, -0.25) is 14.4 Å². The zero-order valence-electron chi connectivity index (χ0n) is 21.4. The number of aliphatic hydroxyl groups is 1. The lowest BCUT2D eigenvalue weighted by Gasteiger charge is -2.38. The van der Waals surface area contributed by atoms with Gasteiger partial charge in [-0.2, -0.15) is 0 Å². The summed E-state index contributed by atoms with van der Waals surface area (Å²) in [5, 5.41) is 9.41. The number of thioether (sulfide) groups is 1. The highest BCUT2D eigenvalue weighted by atomic mass is 79.9. The SMILES string of the molecule is C=CCCOC(=O)[C@H]1[C@H]2C(=O)N(CCCO)C(C(=O)N(CC=C)c3cc(C)ccc3C)C23CC(Br)[C@@H]1S3. The lowest BCUT2D eigenvalue weighted by molar-refractivity contribution is -0.154. The van der Waals surface area contributed by atoms with Gasteiger partial charge < -0.3 is 19.6 Å². The second-order valence-electron chi connectivity index (χ2n) is 10.0. The number of nitrogens with zero attached hydrogens (tertiary/aromatic N) is 2. The molecule has 7 nitrogen and oxygen atoms in total. The molecule has 3 heterocycles. The molecule has 3 unspecified atom stereocenters. The Morgan fingerprint density at radius 2 is 2.08 bits per heavy atom. The molecule has 1 spiro atoms. The van der Waals surface area contributed by atoms with E-state index in [1.165, 1.54) is 0 Å². The van der Waals surface area contributed by atoms with Gasteiger partial charge in [-0.05, 0) is 50.3 Å². The van der Waals surface area contributed by atoms with E-state index in [0.29, 0.717) is 25.8 Å². The standard InChI is InChI=1S/C28H35BrN2O5S/c1-5-7-14-36-27(35)21-22-25(33)31(12-8-13-32)24(28(22)16-19(29)23(21)37-28)26(34)30(11-6-2)20-15-17(3)9-10-18(20)4/h5-6,9-10,15,19,21-24,32H,1-2,7-8,11-14,16H2,3-4H3/t19?,21-,22-,23-,24?,28?/m0/s1. The minimum atomic E-state index is -0.766. The molecule has 4 rings (SSSR count). The fourth-order valence-corrected chi connectivity index (χ4v) is 9.69. The Hall–Kier alpha value is -2.10. The highest BCUT2D eigenvalue weighted by Crippen LogP contribution is 2.68. The van der Waals surface area contributed by atoms with E-state index >= 15 is 0 Å². The molecule has 1 N–H and O–H groups in total. The molecule has 37 heavy (non-hydrogen) atoms. The number of rotatable bonds is 11. The fourth-order valence-electron chi connectivity index (χ4n) is 6.09. The van der Waals surface area contributed by atoms with E-state index in [-0.39, 0.29) is 41.6 Å². The first kappa shape index (κ1) is 27.9. The van der Waals surface area contributed by atoms with Crippen molar-refractivity contribution in [1.29, 1.82) is 0 Å². The van der Waals surface area contributed by atoms with Crippen LogP contribution in [0, 0.1) is 25.7 Å². The molecule has 3 saturated heterocycles. The molecule has 1 aromatic rings. The van der Waals surface area contributed by atoms with Gasteiger partial charge in [0.05, 0.1) is 23.2 Å². The van der Waals surface area contributed by atoms with Crippen molar-refractivity contribution in [2.24, 2.45) is 11.8 Å². The number of likely N-dealkylation sites (tertiary alicyclic amines) is 1. The molecule has 2 amide bonds. The van der Waals surface area contributed by atoms with Gasteiger partial charge in [-0.15, -0.1) is 24.9 Å². The summed E-state index contributed by atoms with van der Waals surface area (Å²) in [7, 11) is 0. The number of carbonyl (C=O) groups is 3. The molecule has 3 fully saturated rings. The normalized spacial score (nSPS) is 29.8. The van der Waals surface area contributed by atoms with Gasteiger partial charge in [-0.1, -0.05) is 40.2 Å². The number of benzene rings is 1. The number of amides is 2. The summed E-state index contributed by atoms with van der Waals surface area (Å²) in [6.45, 7) is 12.1. The van der Waals surface area contributed by atoms with E-state index in [1.54, 1.807) is 33.7 Å². The first-order valence-electron chi connectivity index (χ1n) is 12.7. The lowest BCUT2D eigenvalue weighted by atomic mass is 9.71. The average Bonchev–Trinajstić information content (AvgIpc) is 3.46. The molecule has 0 radical (unpaired) electrons. The van der Waals surface area contributed by atoms with E-state index < -0.39 is 28.6 Å². The zero-order valence-corrected chi connectivity index (χ0v) is 23.8. The average molecular weight is 592 g/mol. The molecule has 0 aliphatic carbocycles. The van der Waals surface area contributed by atoms with Crippen LogP contribution in [0.1, 0.15) is 30.4 Å². The highest BCUT2D eigenvalue weighted by molar-refractivity contribution is 9.09. The van der Waals surface area contributed by atoms with Crippen LogP contribution in [0.15, 0.2) is 43.5 Å². The Balaban J connectivity index is 1.77. The predicted molar refractivity (Wildman–Crippen MR) is 150 cm³/mol. The first-order valence-corrected chi connectivity index (χ1v) is 14.5. The van der Waals surface area contributed by atoms with E-state index in [2.05, 4.69) is 29.1 Å². The number of halogens is 1. The smallest absolute Gasteiger partial charge is 0.310 e. The number of hydrogen-bond donors (Lipinski definition) is 1. The summed E-state index contributed by atoms with van der Waals surface area (Å²) in [4.78, 5) is 45.1. The minimum Gasteiger partial charge on any atom is -0.465 e. The Bertz CT molecular complexity index is 1100. The molecule has 0 saturated carbocycles. The topological polar surface area (TPSA) is 87.1 Å². The number of ether oxygens (including phenoxy) is 1. The first-order chi connectivity index (χ1) is 17.7. The summed E-state index contributed by atoms with van der Waals surface area (Å²) in [6, 6.07) is 5.20. The van der Waals surface area contributed by atoms with Gasteiger partial charge in [0.25, 0.3) is 5.91 Å². The summed E-state index contributed by atoms with van der Waals surface area (Å²) in [5.41, 5.74) is 2.76. The van der Waals surface area contributed by atoms with E-state index in [9.17, 15) is 19.5 Å². The van der Waals surface area contributed by atoms with Crippen LogP contribution in [-0.2, 0) is 19.1 Å². The monoisotopic (exact) mass is 590 g/mol. The van der Waals surface area contributed by atoms with Crippen LogP contribution >= 0.6 is 27.7 Å². The molecule has 6 atom stereocenters. The van der Waals surface area contributed by atoms with Crippen LogP contribution in [0.5, 0.6) is 0 Å². The van der Waals surface area contributed by atoms with Gasteiger partial charge in [0, 0.05) is 35.5 Å². The molecule has 3 aliphatic rings. The van der Waals surface area contributed by atoms with Crippen LogP contribution in [0.4, 0.5) is 5.69 Å². The van der Waals surface area contributed by atoms with Crippen molar-refractivity contribution < 1.29 is 24.2 Å². The summed E-state index contributed by atoms with van der Waals surface area (Å²) in [5.74, 6) is -2.06. The minimum absolute atomic E-state index is 0.0276. The number of carbonyl (C=O) groups excluding carboxylic acids is 3. The number of hydrogen-bond acceptors (Lipinski definition) is 6. The second kappa shape index (κ2) is 11.3. The second-order valence-corrected chi connectivity index (χ2v) is 12.8. The number of fused-ring (bicyclic) bond motifs is 1. The van der Waals surface area contributed by atoms with Gasteiger partial charge in [-0.25, -0.2) is 0 Å². The summed E-state index contributed by atoms with van der Waals surface area (Å²) >= 11 is 5.35. The van der Waals surface area contributed by atoms with Crippen molar-refractivity contribution in [2.45, 2.75) is 54.0 Å². The van der Waals surface area contributed by atoms with E-state index in [4.69, 9.17) is 4.74 Å². The molecule has 1 aromatic carbocycles. The Labute approximate surface area is 231 Å². The number of alkyl halides is 1. The lowest BCUT2D eigenvalue weighted by Crippen LogP contribution is -2.55. The zero-order chi connectivity index (χ0) is 26.9. The third-order valence-electron chi connectivity index (χ3n) is 7.65. The molecular weight excluding hydrogens is 556 g/mol. The molecule has 2 bridgehead atoms. The van der Waals surface area contributed by atoms with Crippen molar-refractivity contribution in [3.63, 3.8) is 0 Å². The van der Waals surface area contributed by atoms with Gasteiger partial charge >= 0.3 is 5.97 Å². The number of aryl methyl sites for hydroxylation is 2. The van der Waals surface area contributed by atoms with Crippen LogP contribution in [0.25, 0.3) is 0 Å². The van der Waals surface area contributed by atoms with Crippen molar-refractivity contribution in [2.75, 3.05) is 31.2 Å². The summed E-state index contributed by atoms with van der Waals surface area (Å²) < 4.78 is 4.79. The van der Waals surface area contributed by atoms with Crippen LogP contribution in [0.3, 0.4) is 0 Å². The van der Waals surface area contributed by atoms with Crippen LogP contribution < -0.4 is 4.90 Å². The maximum atomic E-state index is 14.5. The number of anilines is 1. The van der Waals surface area contributed by atoms with Gasteiger partial charge in [0.2, 0.25) is 5.91 Å². The predicted octanol–water partition coefficient (Wildman–Crippen LogP) is 3.79. The van der Waals surface area contributed by atoms with Crippen molar-refractivity contribution in [1.82, 2.24) is 4.90 Å². The maximum absolute atomic E-state index is 14.5. The third-order valence-corrected chi connectivity index (χ3v) is 10.9. The van der Waals surface area contributed by atoms with E-state index in [0.717, 1.165) is 16.8 Å². The Morgan fingerprint density at radius 3 is 2.76 bits per heavy atom. The highest BCUT2D eigenvalue weighted by Gasteiger charge is 2.76. The van der Waals surface area contributed by atoms with Crippen molar-refractivity contribution >= 4 is 51.2 Å². The number of esters is 1. The third kappa shape index (κ3) is 4.79.